The molecule has 0 saturated carbocycles. The second kappa shape index (κ2) is 41.2. The summed E-state index contributed by atoms with van der Waals surface area (Å²) in [6.45, 7) is 12.4. The molecule has 11 aromatic rings. The first-order chi connectivity index (χ1) is 54.4. The number of esters is 1. The maximum Gasteiger partial charge on any atom is 0.416 e. The predicted octanol–water partition coefficient (Wildman–Crippen LogP) is 18.8. The number of rotatable bonds is 20. The van der Waals surface area contributed by atoms with E-state index in [0.29, 0.717) is 55.4 Å². The summed E-state index contributed by atoms with van der Waals surface area (Å²) in [5.74, 6) is -7.17. The van der Waals surface area contributed by atoms with Crippen molar-refractivity contribution in [3.05, 3.63) is 313 Å². The van der Waals surface area contributed by atoms with Crippen molar-refractivity contribution in [2.45, 2.75) is 104 Å². The summed E-state index contributed by atoms with van der Waals surface area (Å²) >= 11 is 5.88. The Morgan fingerprint density at radius 2 is 1.14 bits per heavy atom. The molecule has 26 heteroatoms. The number of allylic oxidation sites excluding steroid dienone is 2. The third kappa shape index (κ3) is 25.2. The quantitative estimate of drug-likeness (QED) is 0.0194. The van der Waals surface area contributed by atoms with Gasteiger partial charge < -0.3 is 50.9 Å². The fourth-order valence-electron chi connectivity index (χ4n) is 12.0. The fraction of sp³-hybridized carbons (Fsp3) is 0.191. The van der Waals surface area contributed by atoms with E-state index in [0.717, 1.165) is 73.2 Å². The van der Waals surface area contributed by atoms with Gasteiger partial charge in [-0.2, -0.15) is 13.2 Å². The average molecular weight is 1610 g/mol. The van der Waals surface area contributed by atoms with Crippen LogP contribution in [0.25, 0.3) is 38.9 Å². The van der Waals surface area contributed by atoms with Crippen LogP contribution in [-0.4, -0.2) is 104 Å². The molecule has 115 heavy (non-hydrogen) atoms. The van der Waals surface area contributed by atoms with Gasteiger partial charge in [0, 0.05) is 56.2 Å². The van der Waals surface area contributed by atoms with Crippen molar-refractivity contribution in [1.29, 1.82) is 0 Å². The van der Waals surface area contributed by atoms with E-state index in [9.17, 15) is 70.3 Å². The molecule has 1 aromatic heterocycles. The zero-order chi connectivity index (χ0) is 84.7. The highest BCUT2D eigenvalue weighted by molar-refractivity contribution is 7.84. The second-order valence-corrected chi connectivity index (χ2v) is 28.6. The molecular weight excluding hydrogens is 1530 g/mol. The number of halogens is 5. The van der Waals surface area contributed by atoms with Crippen molar-refractivity contribution in [1.82, 2.24) is 4.57 Å². The highest BCUT2D eigenvalue weighted by Crippen LogP contribution is 2.44. The van der Waals surface area contributed by atoms with Crippen molar-refractivity contribution < 1.29 is 106 Å². The number of aliphatic hydroxyl groups excluding tert-OH is 2. The van der Waals surface area contributed by atoms with E-state index >= 15 is 0 Å². The second-order valence-electron chi connectivity index (χ2n) is 26.7. The number of fused-ring (bicyclic) bond motifs is 3. The van der Waals surface area contributed by atoms with Gasteiger partial charge in [0.1, 0.15) is 17.1 Å². The summed E-state index contributed by atoms with van der Waals surface area (Å²) in [6, 6.07) is 59.2. The summed E-state index contributed by atoms with van der Waals surface area (Å²) in [6.07, 6.45) is -0.166. The number of nitrogens with one attached hydrogen (secondary N) is 1. The zero-order valence-corrected chi connectivity index (χ0v) is 65.1. The Labute approximate surface area is 667 Å². The smallest absolute Gasteiger partial charge is 0.416 e. The van der Waals surface area contributed by atoms with E-state index < -0.39 is 76.2 Å². The zero-order valence-electron chi connectivity index (χ0n) is 63.5. The lowest BCUT2D eigenvalue weighted by molar-refractivity contribution is -0.139. The third-order valence-corrected chi connectivity index (χ3v) is 19.2. The van der Waals surface area contributed by atoms with Crippen molar-refractivity contribution in [3.8, 4) is 5.75 Å². The van der Waals surface area contributed by atoms with Crippen molar-refractivity contribution in [2.24, 2.45) is 5.92 Å². The summed E-state index contributed by atoms with van der Waals surface area (Å²) in [4.78, 5) is 90.0. The first-order valence-electron chi connectivity index (χ1n) is 35.5. The molecule has 12 rings (SSSR count). The van der Waals surface area contributed by atoms with Gasteiger partial charge in [0.2, 0.25) is 0 Å². The molecule has 0 radical (unpaired) electrons. The van der Waals surface area contributed by atoms with Crippen LogP contribution in [-0.2, 0) is 67.0 Å². The topological polar surface area (TPSA) is 342 Å². The number of nitrogens with zero attached hydrogens (tertiary/aromatic N) is 1. The summed E-state index contributed by atoms with van der Waals surface area (Å²) in [7, 11) is -1.04. The Morgan fingerprint density at radius 3 is 1.71 bits per heavy atom. The number of aromatic carboxylic acids is 2. The molecule has 0 aliphatic heterocycles. The van der Waals surface area contributed by atoms with Crippen LogP contribution in [0.15, 0.2) is 229 Å². The molecule has 1 aliphatic rings. The van der Waals surface area contributed by atoms with Crippen molar-refractivity contribution in [3.63, 3.8) is 0 Å². The molecule has 1 heterocycles. The summed E-state index contributed by atoms with van der Waals surface area (Å²) < 4.78 is 69.1. The lowest BCUT2D eigenvalue weighted by Gasteiger charge is -2.12. The van der Waals surface area contributed by atoms with Gasteiger partial charge in [-0.15, -0.1) is 0 Å². The lowest BCUT2D eigenvalue weighted by atomic mass is 9.97. The van der Waals surface area contributed by atoms with E-state index in [-0.39, 0.29) is 66.0 Å². The number of benzene rings is 10. The van der Waals surface area contributed by atoms with Crippen LogP contribution in [0, 0.1) is 18.7 Å². The minimum Gasteiger partial charge on any atom is -0.481 e. The summed E-state index contributed by atoms with van der Waals surface area (Å²) in [5, 5.41) is 78.2. The number of aromatic nitrogens is 1. The van der Waals surface area contributed by atoms with Gasteiger partial charge in [0.05, 0.1) is 60.2 Å². The minimum atomic E-state index is -4.44. The average Bonchev–Trinajstić information content (AvgIpc) is 1.61. The van der Waals surface area contributed by atoms with Gasteiger partial charge in [-0.1, -0.05) is 135 Å². The minimum absolute atomic E-state index is 0.00934. The Balaban J connectivity index is 0.000000194. The van der Waals surface area contributed by atoms with Crippen molar-refractivity contribution >= 4 is 120 Å². The Bertz CT molecular complexity index is 5480. The van der Waals surface area contributed by atoms with Gasteiger partial charge in [0.25, 0.3) is 5.91 Å². The maximum atomic E-state index is 13.7. The molecule has 9 N–H and O–H groups in total. The molecule has 0 bridgehead atoms. The predicted molar refractivity (Wildman–Crippen MR) is 433 cm³/mol. The molecule has 0 spiro atoms. The highest BCUT2D eigenvalue weighted by Gasteiger charge is 2.31. The fourth-order valence-corrected chi connectivity index (χ4v) is 12.7. The Morgan fingerprint density at radius 1 is 0.583 bits per heavy atom. The number of aliphatic carboxylic acids is 4. The van der Waals surface area contributed by atoms with Crippen LogP contribution >= 0.6 is 11.6 Å². The number of hydrogen-bond donors (Lipinski definition) is 9. The monoisotopic (exact) mass is 1610 g/mol. The SMILES string of the molecule is CC(=O)Oc1ccccc1C(=O)O.CC(C)Cc1ccc(C(C)C(=O)O)cc1.CC1=C(CC(=O)O)c2cc(F)ccc2/C1=C\c1ccc(S(C)=O)cc1.C[C@H](C(=O)O)c1ccc2cc(CO)ccc2c1.Cc1c(CC(=O)O)c2cc(CO)ccc2n1C(=O)c1ccc(Cl)cc1.O=C(O)c1ccccc1Nc1cccc(C(F)(F)F)c1. The van der Waals surface area contributed by atoms with E-state index in [1.165, 1.54) is 65.6 Å². The number of hydrogen-bond acceptors (Lipinski definition) is 13. The molecule has 0 saturated heterocycles. The van der Waals surface area contributed by atoms with Gasteiger partial charge in [-0.05, 0) is 233 Å². The largest absolute Gasteiger partial charge is 0.481 e. The molecular formula is C89H83ClF4N2O18S. The number of aliphatic hydroxyl groups is 2. The maximum absolute atomic E-state index is 13.7. The van der Waals surface area contributed by atoms with Crippen LogP contribution in [0.1, 0.15) is 152 Å². The molecule has 1 aliphatic carbocycles. The summed E-state index contributed by atoms with van der Waals surface area (Å²) in [5.41, 5.74) is 11.0. The van der Waals surface area contributed by atoms with Crippen LogP contribution in [0.5, 0.6) is 5.75 Å². The molecule has 2 unspecified atom stereocenters. The molecule has 598 valence electrons. The number of para-hydroxylation sites is 2. The number of carboxylic acid groups (broad SMARTS) is 6. The van der Waals surface area contributed by atoms with Crippen LogP contribution < -0.4 is 10.1 Å². The number of carbonyl (C=O) groups is 8. The molecule has 10 aromatic carbocycles. The standard InChI is InChI=1S/C20H17FO3S.C19H16ClNO4.C14H10F3NO2.C14H14O3.C13H18O2.C9H8O4/c1-12-17(9-13-3-6-15(7-4-13)25(2)24)16-8-5-14(21)10-19(16)18(12)11-20(22)23;1-11-15(9-18(23)24)16-8-12(10-22)2-7-17(16)21(11)19(25)13-3-5-14(20)6-4-13;15-14(16,17)9-4-3-5-10(8-9)18-12-7-2-1-6-11(12)13(19)20;1-9(14(16)17)11-4-5-12-6-10(8-15)2-3-13(12)7-11;1-9(2)8-11-4-6-12(7-5-11)10(3)13(14)15;1-6(10)13-8-5-3-2-4-7(8)9(11)12/h3-10H,11H2,1-2H3,(H,22,23);2-8,22H,9-10H2,1H3,(H,23,24);1-8,18H,(H,19,20);2-7,9,15H,8H2,1H3,(H,16,17);4-7,9-10H,8H2,1-3H3,(H,14,15);2-5H,1H3,(H,11,12)/b17-9-;;;;;/t;;;9-;;/m...0../s1. The van der Waals surface area contributed by atoms with Gasteiger partial charge in [-0.3, -0.25) is 37.5 Å². The number of carbonyl (C=O) groups excluding carboxylic acids is 2. The van der Waals surface area contributed by atoms with Crippen LogP contribution in [0.4, 0.5) is 28.9 Å². The van der Waals surface area contributed by atoms with E-state index in [2.05, 4.69) is 23.9 Å². The van der Waals surface area contributed by atoms with Crippen LogP contribution in [0.3, 0.4) is 0 Å². The van der Waals surface area contributed by atoms with E-state index in [4.69, 9.17) is 42.2 Å². The first kappa shape index (κ1) is 89.5. The number of carboxylic acids is 6. The molecule has 0 amide bonds. The van der Waals surface area contributed by atoms with Crippen LogP contribution in [0.2, 0.25) is 5.02 Å². The van der Waals surface area contributed by atoms with Gasteiger partial charge in [0.15, 0.2) is 0 Å². The Hall–Kier alpha value is -12.7. The highest BCUT2D eigenvalue weighted by atomic mass is 35.5. The van der Waals surface area contributed by atoms with Gasteiger partial charge in [-0.25, -0.2) is 14.0 Å². The Kier molecular flexibility index (Phi) is 32.1. The molecule has 20 nitrogen and oxygen atoms in total. The normalized spacial score (nSPS) is 12.4. The first-order valence-corrected chi connectivity index (χ1v) is 37.4. The lowest BCUT2D eigenvalue weighted by Crippen LogP contribution is -2.14. The van der Waals surface area contributed by atoms with E-state index in [1.807, 2.05) is 85.8 Å². The number of anilines is 2. The number of alkyl halides is 3. The van der Waals surface area contributed by atoms with E-state index in [1.54, 1.807) is 112 Å². The molecule has 0 fully saturated rings. The molecule has 3 atom stereocenters. The van der Waals surface area contributed by atoms with Crippen molar-refractivity contribution in [2.75, 3.05) is 11.6 Å². The third-order valence-electron chi connectivity index (χ3n) is 18.0. The number of ether oxygens (including phenoxy) is 1. The van der Waals surface area contributed by atoms with Gasteiger partial charge >= 0.3 is 48.0 Å².